The number of piperidine rings is 1. The molecule has 1 unspecified atom stereocenters. The van der Waals surface area contributed by atoms with Gasteiger partial charge in [-0.1, -0.05) is 30.3 Å². The zero-order chi connectivity index (χ0) is 38.9. The Balaban J connectivity index is 0.813. The van der Waals surface area contributed by atoms with E-state index < -0.39 is 11.9 Å². The number of amides is 4. The van der Waals surface area contributed by atoms with Crippen molar-refractivity contribution in [1.82, 2.24) is 30.1 Å². The van der Waals surface area contributed by atoms with Crippen LogP contribution >= 0.6 is 11.3 Å². The van der Waals surface area contributed by atoms with E-state index in [4.69, 9.17) is 14.5 Å². The number of hydrogen-bond acceptors (Lipinski definition) is 10. The zero-order valence-corrected chi connectivity index (χ0v) is 31.8. The lowest BCUT2D eigenvalue weighted by molar-refractivity contribution is -0.135. The molecule has 0 bridgehead atoms. The Morgan fingerprint density at radius 1 is 1.00 bits per heavy atom. The summed E-state index contributed by atoms with van der Waals surface area (Å²) < 4.78 is 15.4. The van der Waals surface area contributed by atoms with Crippen LogP contribution in [0.1, 0.15) is 46.6 Å². The minimum absolute atomic E-state index is 0.0314. The second kappa shape index (κ2) is 15.7. The van der Waals surface area contributed by atoms with E-state index in [9.17, 15) is 24.0 Å². The van der Waals surface area contributed by atoms with Crippen LogP contribution in [0.3, 0.4) is 0 Å². The molecule has 0 aliphatic carbocycles. The number of nitrogens with zero attached hydrogens (tertiary/aromatic N) is 3. The fraction of sp³-hybridized carbons (Fsp3) is 0.317. The number of fused-ring (bicyclic) bond motifs is 6. The molecule has 15 heteroatoms. The van der Waals surface area contributed by atoms with Crippen LogP contribution in [0, 0.1) is 0 Å². The van der Waals surface area contributed by atoms with E-state index in [-0.39, 0.29) is 62.1 Å². The molecule has 2 aliphatic heterocycles. The van der Waals surface area contributed by atoms with Crippen molar-refractivity contribution >= 4 is 72.7 Å². The summed E-state index contributed by atoms with van der Waals surface area (Å²) in [5.74, 6) is -1.11. The minimum atomic E-state index is -0.743. The number of pyridine rings is 1. The van der Waals surface area contributed by atoms with E-state index in [0.29, 0.717) is 36.5 Å². The molecule has 2 atom stereocenters. The van der Waals surface area contributed by atoms with E-state index in [1.165, 1.54) is 20.5 Å². The van der Waals surface area contributed by atoms with Crippen molar-refractivity contribution in [2.45, 2.75) is 44.8 Å². The topological polar surface area (TPSA) is 175 Å². The van der Waals surface area contributed by atoms with Gasteiger partial charge in [-0.2, -0.15) is 0 Å². The number of carbonyl (C=O) groups is 4. The number of hydrogen-bond donors (Lipinski definition) is 4. The van der Waals surface area contributed by atoms with E-state index in [0.717, 1.165) is 54.6 Å². The van der Waals surface area contributed by atoms with E-state index >= 15 is 0 Å². The van der Waals surface area contributed by atoms with Gasteiger partial charge in [0, 0.05) is 53.6 Å². The first-order chi connectivity index (χ1) is 27.2. The van der Waals surface area contributed by atoms with Crippen molar-refractivity contribution in [1.29, 1.82) is 0 Å². The molecular formula is C41H41N7O7S. The molecule has 56 heavy (non-hydrogen) atoms. The number of imide groups is 1. The molecule has 1 saturated heterocycles. The Morgan fingerprint density at radius 2 is 1.84 bits per heavy atom. The van der Waals surface area contributed by atoms with Gasteiger partial charge in [0.05, 0.1) is 47.8 Å². The van der Waals surface area contributed by atoms with Crippen LogP contribution in [-0.4, -0.2) is 76.8 Å². The lowest BCUT2D eigenvalue weighted by Crippen LogP contribution is -2.44. The molecule has 14 nitrogen and oxygen atoms in total. The maximum Gasteiger partial charge on any atom is 0.329 e. The third-order valence-electron chi connectivity index (χ3n) is 10.2. The number of rotatable bonds is 12. The van der Waals surface area contributed by atoms with Gasteiger partial charge in [-0.15, -0.1) is 11.3 Å². The lowest BCUT2D eigenvalue weighted by Gasteiger charge is -2.21. The molecule has 3 aromatic carbocycles. The maximum atomic E-state index is 13.2. The highest BCUT2D eigenvalue weighted by Crippen LogP contribution is 2.41. The van der Waals surface area contributed by atoms with Crippen LogP contribution in [0.2, 0.25) is 0 Å². The molecule has 288 valence electrons. The van der Waals surface area contributed by atoms with Gasteiger partial charge in [-0.05, 0) is 67.3 Å². The quantitative estimate of drug-likeness (QED) is 0.105. The normalized spacial score (nSPS) is 17.1. The largest absolute Gasteiger partial charge is 0.381 e. The molecule has 2 aliphatic rings. The number of para-hydroxylation sites is 1. The fourth-order valence-electron chi connectivity index (χ4n) is 7.50. The van der Waals surface area contributed by atoms with Gasteiger partial charge in [-0.25, -0.2) is 9.78 Å². The van der Waals surface area contributed by atoms with Gasteiger partial charge in [0.25, 0.3) is 5.91 Å². The Kier molecular flexibility index (Phi) is 10.4. The Hall–Kier alpha value is -5.90. The first-order valence-electron chi connectivity index (χ1n) is 18.6. The molecule has 3 aromatic heterocycles. The number of nitrogens with one attached hydrogen (secondary N) is 4. The highest BCUT2D eigenvalue weighted by molar-refractivity contribution is 7.21. The summed E-state index contributed by atoms with van der Waals surface area (Å²) in [5.41, 5.74) is 6.28. The van der Waals surface area contributed by atoms with Crippen molar-refractivity contribution in [3.63, 3.8) is 0 Å². The van der Waals surface area contributed by atoms with Gasteiger partial charge in [0.15, 0.2) is 0 Å². The van der Waals surface area contributed by atoms with Crippen LogP contribution in [0.25, 0.3) is 43.3 Å². The molecule has 0 spiro atoms. The standard InChI is InChI=1S/C41H41N7O7S/c1-23-20-43-36-35-27-9-10-28(45-29(27)11-13-32(35)56-38(36)40(52)44-23)26-7-3-5-24(19-26)21-42-34(50)22-55-18-17-54-16-15-25-6-4-8-30-37(25)47(2)41(53)48(30)31-12-14-33(49)46-39(31)51/h3-11,13,19,23,31,43H,12,14-18,20-22H2,1-2H3,(H,42,50)(H,44,52)(H,46,49,51)/t23-,31?/m1/s1. The lowest BCUT2D eigenvalue weighted by atomic mass is 10.0. The Labute approximate surface area is 325 Å². The van der Waals surface area contributed by atoms with Crippen LogP contribution in [0.15, 0.2) is 71.5 Å². The smallest absolute Gasteiger partial charge is 0.329 e. The maximum absolute atomic E-state index is 13.2. The van der Waals surface area contributed by atoms with Crippen LogP contribution in [-0.2, 0) is 43.9 Å². The van der Waals surface area contributed by atoms with Crippen molar-refractivity contribution in [2.24, 2.45) is 7.05 Å². The highest BCUT2D eigenvalue weighted by atomic mass is 32.1. The molecular weight excluding hydrogens is 735 g/mol. The molecule has 8 rings (SSSR count). The van der Waals surface area contributed by atoms with Gasteiger partial charge in [0.1, 0.15) is 17.5 Å². The first kappa shape index (κ1) is 37.0. The van der Waals surface area contributed by atoms with Crippen molar-refractivity contribution in [3.05, 3.63) is 93.2 Å². The summed E-state index contributed by atoms with van der Waals surface area (Å²) in [6, 6.07) is 20.8. The number of benzene rings is 3. The molecule has 0 radical (unpaired) electrons. The minimum Gasteiger partial charge on any atom is -0.381 e. The number of thiophene rings is 1. The van der Waals surface area contributed by atoms with Crippen molar-refractivity contribution in [2.75, 3.05) is 38.3 Å². The van der Waals surface area contributed by atoms with Crippen molar-refractivity contribution in [3.8, 4) is 11.3 Å². The average Bonchev–Trinajstić information content (AvgIpc) is 3.65. The number of anilines is 1. The number of aromatic nitrogens is 3. The average molecular weight is 776 g/mol. The number of carbonyl (C=O) groups excluding carboxylic acids is 4. The molecule has 4 N–H and O–H groups in total. The van der Waals surface area contributed by atoms with Gasteiger partial charge in [-0.3, -0.25) is 33.6 Å². The number of ether oxygens (including phenoxy) is 2. The monoisotopic (exact) mass is 775 g/mol. The van der Waals surface area contributed by atoms with Crippen LogP contribution < -0.4 is 27.0 Å². The van der Waals surface area contributed by atoms with Gasteiger partial charge < -0.3 is 25.4 Å². The molecule has 4 amide bonds. The Morgan fingerprint density at radius 3 is 2.70 bits per heavy atom. The summed E-state index contributed by atoms with van der Waals surface area (Å²) in [7, 11) is 1.67. The Bertz CT molecular complexity index is 2590. The first-order valence-corrected chi connectivity index (χ1v) is 19.4. The third kappa shape index (κ3) is 7.28. The fourth-order valence-corrected chi connectivity index (χ4v) is 8.59. The second-order valence-corrected chi connectivity index (χ2v) is 15.2. The molecule has 0 saturated carbocycles. The van der Waals surface area contributed by atoms with Crippen LogP contribution in [0.5, 0.6) is 0 Å². The predicted octanol–water partition coefficient (Wildman–Crippen LogP) is 4.18. The third-order valence-corrected chi connectivity index (χ3v) is 11.4. The van der Waals surface area contributed by atoms with Gasteiger partial charge in [0.2, 0.25) is 17.7 Å². The van der Waals surface area contributed by atoms with E-state index in [1.807, 2.05) is 61.5 Å². The number of aryl methyl sites for hydroxylation is 1. The van der Waals surface area contributed by atoms with Gasteiger partial charge >= 0.3 is 5.69 Å². The van der Waals surface area contributed by atoms with E-state index in [1.54, 1.807) is 13.1 Å². The second-order valence-electron chi connectivity index (χ2n) is 14.1. The van der Waals surface area contributed by atoms with Crippen molar-refractivity contribution < 1.29 is 28.7 Å². The predicted molar refractivity (Wildman–Crippen MR) is 214 cm³/mol. The zero-order valence-electron chi connectivity index (χ0n) is 31.0. The molecule has 5 heterocycles. The number of imidazole rings is 1. The summed E-state index contributed by atoms with van der Waals surface area (Å²) >= 11 is 1.49. The summed E-state index contributed by atoms with van der Waals surface area (Å²) in [4.78, 5) is 68.4. The summed E-state index contributed by atoms with van der Waals surface area (Å²) in [6.45, 7) is 3.72. The molecule has 1 fully saturated rings. The highest BCUT2D eigenvalue weighted by Gasteiger charge is 2.31. The van der Waals surface area contributed by atoms with Crippen LogP contribution in [0.4, 0.5) is 5.69 Å². The summed E-state index contributed by atoms with van der Waals surface area (Å²) in [5, 5.41) is 13.7. The van der Waals surface area contributed by atoms with E-state index in [2.05, 4.69) is 27.3 Å². The SMILES string of the molecule is C[C@@H]1CNc2c(sc3ccc4nc(-c5cccc(CNC(=O)COCCOCCc6cccc7c6n(C)c(=O)n7C6CCC(=O)NC6=O)c5)ccc4c23)C(=O)N1. The molecule has 6 aromatic rings. The summed E-state index contributed by atoms with van der Waals surface area (Å²) in [6.07, 6.45) is 0.977.